The van der Waals surface area contributed by atoms with Crippen LogP contribution in [0.4, 0.5) is 0 Å². The first-order valence-corrected chi connectivity index (χ1v) is 11.6. The van der Waals surface area contributed by atoms with E-state index in [1.165, 1.54) is 36.3 Å². The minimum atomic E-state index is -0.605. The Morgan fingerprint density at radius 1 is 0.964 bits per heavy atom. The van der Waals surface area contributed by atoms with Crippen LogP contribution in [0.25, 0.3) is 11.1 Å². The Hall–Kier alpha value is -1.45. The number of rotatable bonds is 11. The predicted octanol–water partition coefficient (Wildman–Crippen LogP) is 7.58. The van der Waals surface area contributed by atoms with Gasteiger partial charge in [-0.15, -0.1) is 23.4 Å². The Bertz CT molecular complexity index is 710. The van der Waals surface area contributed by atoms with Gasteiger partial charge in [0.1, 0.15) is 11.1 Å². The summed E-state index contributed by atoms with van der Waals surface area (Å²) in [6.45, 7) is 6.31. The molecule has 152 valence electrons. The van der Waals surface area contributed by atoms with Crippen LogP contribution in [-0.2, 0) is 4.79 Å². The Kier molecular flexibility index (Phi) is 9.94. The van der Waals surface area contributed by atoms with Crippen LogP contribution in [-0.4, -0.2) is 17.1 Å². The minimum Gasteiger partial charge on any atom is -0.425 e. The number of hydrogen-bond donors (Lipinski definition) is 0. The lowest BCUT2D eigenvalue weighted by Crippen LogP contribution is -2.22. The fraction of sp³-hybridized carbons (Fsp3) is 0.458. The quantitative estimate of drug-likeness (QED) is 0.124. The van der Waals surface area contributed by atoms with Gasteiger partial charge in [-0.05, 0) is 59.9 Å². The van der Waals surface area contributed by atoms with E-state index in [9.17, 15) is 4.79 Å². The monoisotopic (exact) mass is 418 g/mol. The number of carbonyl (C=O) groups excluding carboxylic acids is 1. The molecule has 0 aliphatic rings. The van der Waals surface area contributed by atoms with Crippen molar-refractivity contribution < 1.29 is 9.53 Å². The second kappa shape index (κ2) is 12.2. The molecule has 0 aliphatic carbocycles. The van der Waals surface area contributed by atoms with Crippen molar-refractivity contribution >= 4 is 29.3 Å². The number of alkyl halides is 1. The molecular formula is C24H31ClO2S. The van der Waals surface area contributed by atoms with Gasteiger partial charge in [0.25, 0.3) is 0 Å². The normalized spacial score (nSPS) is 12.2. The zero-order valence-corrected chi connectivity index (χ0v) is 18.7. The summed E-state index contributed by atoms with van der Waals surface area (Å²) in [6, 6.07) is 16.2. The van der Waals surface area contributed by atoms with E-state index in [1.807, 2.05) is 49.9 Å². The molecule has 0 amide bonds. The molecule has 4 heteroatoms. The molecule has 0 aliphatic heterocycles. The third-order valence-corrected chi connectivity index (χ3v) is 5.92. The lowest BCUT2D eigenvalue weighted by molar-refractivity contribution is -0.134. The summed E-state index contributed by atoms with van der Waals surface area (Å²) in [5.41, 5.74) is 2.26. The summed E-state index contributed by atoms with van der Waals surface area (Å²) in [5.74, 6) is 1.68. The number of esters is 1. The maximum Gasteiger partial charge on any atom is 0.329 e. The van der Waals surface area contributed by atoms with Crippen molar-refractivity contribution in [1.82, 2.24) is 0 Å². The fourth-order valence-electron chi connectivity index (χ4n) is 2.87. The summed E-state index contributed by atoms with van der Waals surface area (Å²) in [5, 5.41) is -0.605. The van der Waals surface area contributed by atoms with Crippen LogP contribution in [0.15, 0.2) is 53.4 Å². The van der Waals surface area contributed by atoms with E-state index in [0.29, 0.717) is 18.1 Å². The number of halogens is 1. The van der Waals surface area contributed by atoms with Gasteiger partial charge >= 0.3 is 5.97 Å². The highest BCUT2D eigenvalue weighted by Crippen LogP contribution is 2.27. The van der Waals surface area contributed by atoms with E-state index in [1.54, 1.807) is 0 Å². The molecule has 0 N–H and O–H groups in total. The Morgan fingerprint density at radius 2 is 1.57 bits per heavy atom. The van der Waals surface area contributed by atoms with Crippen LogP contribution in [0.1, 0.15) is 52.9 Å². The van der Waals surface area contributed by atoms with E-state index in [4.69, 9.17) is 16.3 Å². The maximum absolute atomic E-state index is 12.0. The Balaban J connectivity index is 1.88. The Labute approximate surface area is 179 Å². The number of unbranched alkanes of at least 4 members (excludes halogenated alkanes) is 3. The fourth-order valence-corrected chi connectivity index (χ4v) is 4.18. The second-order valence-corrected chi connectivity index (χ2v) is 9.17. The van der Waals surface area contributed by atoms with Crippen LogP contribution in [0, 0.1) is 5.92 Å². The second-order valence-electron chi connectivity index (χ2n) is 7.48. The number of thioether (sulfide) groups is 1. The van der Waals surface area contributed by atoms with Crippen molar-refractivity contribution in [3.8, 4) is 16.9 Å². The molecular weight excluding hydrogens is 388 g/mol. The molecule has 0 bridgehead atoms. The van der Waals surface area contributed by atoms with Crippen molar-refractivity contribution in [2.45, 2.75) is 63.1 Å². The van der Waals surface area contributed by atoms with Crippen molar-refractivity contribution in [3.05, 3.63) is 48.5 Å². The van der Waals surface area contributed by atoms with Crippen LogP contribution in [0.5, 0.6) is 5.75 Å². The molecule has 0 heterocycles. The topological polar surface area (TPSA) is 26.3 Å². The lowest BCUT2D eigenvalue weighted by Gasteiger charge is -2.12. The highest BCUT2D eigenvalue weighted by molar-refractivity contribution is 7.99. The molecule has 0 radical (unpaired) electrons. The molecule has 1 atom stereocenters. The van der Waals surface area contributed by atoms with Crippen LogP contribution >= 0.6 is 23.4 Å². The molecule has 0 spiro atoms. The minimum absolute atomic E-state index is 0.356. The molecule has 0 saturated carbocycles. The van der Waals surface area contributed by atoms with Gasteiger partial charge in [0.2, 0.25) is 0 Å². The van der Waals surface area contributed by atoms with Gasteiger partial charge < -0.3 is 4.74 Å². The molecule has 0 unspecified atom stereocenters. The molecule has 2 aromatic carbocycles. The molecule has 0 saturated heterocycles. The first-order valence-electron chi connectivity index (χ1n) is 10.2. The number of benzene rings is 2. The van der Waals surface area contributed by atoms with Crippen LogP contribution in [0.3, 0.4) is 0 Å². The largest absolute Gasteiger partial charge is 0.425 e. The first kappa shape index (κ1) is 22.8. The number of ether oxygens (including phenoxy) is 1. The molecule has 2 aromatic rings. The van der Waals surface area contributed by atoms with Crippen molar-refractivity contribution in [1.29, 1.82) is 0 Å². The van der Waals surface area contributed by atoms with E-state index in [2.05, 4.69) is 31.2 Å². The highest BCUT2D eigenvalue weighted by Gasteiger charge is 2.19. The van der Waals surface area contributed by atoms with E-state index < -0.39 is 5.38 Å². The summed E-state index contributed by atoms with van der Waals surface area (Å²) < 4.78 is 5.39. The van der Waals surface area contributed by atoms with Crippen molar-refractivity contribution in [3.63, 3.8) is 0 Å². The van der Waals surface area contributed by atoms with Crippen LogP contribution in [0.2, 0.25) is 0 Å². The van der Waals surface area contributed by atoms with Crippen molar-refractivity contribution in [2.75, 3.05) is 5.75 Å². The van der Waals surface area contributed by atoms with Gasteiger partial charge in [0, 0.05) is 4.90 Å². The van der Waals surface area contributed by atoms with E-state index in [0.717, 1.165) is 11.1 Å². The van der Waals surface area contributed by atoms with E-state index >= 15 is 0 Å². The summed E-state index contributed by atoms with van der Waals surface area (Å²) >= 11 is 8.02. The summed E-state index contributed by atoms with van der Waals surface area (Å²) in [7, 11) is 0. The predicted molar refractivity (Wildman–Crippen MR) is 121 cm³/mol. The lowest BCUT2D eigenvalue weighted by atomic mass is 10.1. The average Bonchev–Trinajstić information content (AvgIpc) is 2.68. The van der Waals surface area contributed by atoms with Gasteiger partial charge in [-0.3, -0.25) is 4.79 Å². The zero-order chi connectivity index (χ0) is 20.4. The third kappa shape index (κ3) is 7.89. The smallest absolute Gasteiger partial charge is 0.329 e. The van der Waals surface area contributed by atoms with Gasteiger partial charge in [0.05, 0.1) is 0 Å². The molecule has 28 heavy (non-hydrogen) atoms. The van der Waals surface area contributed by atoms with Gasteiger partial charge in [0.15, 0.2) is 0 Å². The average molecular weight is 419 g/mol. The van der Waals surface area contributed by atoms with Gasteiger partial charge in [-0.2, -0.15) is 0 Å². The zero-order valence-electron chi connectivity index (χ0n) is 17.1. The number of hydrogen-bond acceptors (Lipinski definition) is 3. The molecule has 0 fully saturated rings. The van der Waals surface area contributed by atoms with Gasteiger partial charge in [-0.1, -0.05) is 64.3 Å². The molecule has 2 rings (SSSR count). The standard InChI is InChI=1S/C24H31ClO2S/c1-4-5-6-7-16-28-22-14-10-20(11-15-22)19-8-12-21(13-9-19)27-24(26)23(25)17-18(2)3/h8-15,18,23H,4-7,16-17H2,1-3H3/t23-/m0/s1. The SMILES string of the molecule is CCCCCCSc1ccc(-c2ccc(OC(=O)[C@@H](Cl)CC(C)C)cc2)cc1. The summed E-state index contributed by atoms with van der Waals surface area (Å²) in [4.78, 5) is 13.3. The summed E-state index contributed by atoms with van der Waals surface area (Å²) in [6.07, 6.45) is 5.82. The maximum atomic E-state index is 12.0. The first-order chi connectivity index (χ1) is 13.5. The van der Waals surface area contributed by atoms with E-state index in [-0.39, 0.29) is 5.97 Å². The molecule has 2 nitrogen and oxygen atoms in total. The molecule has 0 aromatic heterocycles. The van der Waals surface area contributed by atoms with Gasteiger partial charge in [-0.25, -0.2) is 0 Å². The van der Waals surface area contributed by atoms with Crippen molar-refractivity contribution in [2.24, 2.45) is 5.92 Å². The third-order valence-electron chi connectivity index (χ3n) is 4.46. The Morgan fingerprint density at radius 3 is 2.14 bits per heavy atom. The highest BCUT2D eigenvalue weighted by atomic mass is 35.5. The number of carbonyl (C=O) groups is 1. The van der Waals surface area contributed by atoms with Crippen LogP contribution < -0.4 is 4.74 Å².